The number of nitrogens with one attached hydrogen (secondary N) is 1. The van der Waals surface area contributed by atoms with Crippen LogP contribution in [0.5, 0.6) is 11.5 Å². The van der Waals surface area contributed by atoms with E-state index in [1.165, 1.54) is 6.07 Å². The highest BCUT2D eigenvalue weighted by molar-refractivity contribution is 6.31. The first-order valence-corrected chi connectivity index (χ1v) is 3.66. The molecule has 0 saturated heterocycles. The first-order chi connectivity index (χ1) is 6.06. The molecule has 0 atom stereocenters. The van der Waals surface area contributed by atoms with Gasteiger partial charge in [0.15, 0.2) is 11.5 Å². The summed E-state index contributed by atoms with van der Waals surface area (Å²) in [7, 11) is 0. The number of nitrogen functional groups attached to an aromatic ring is 1. The number of amides is 1. The summed E-state index contributed by atoms with van der Waals surface area (Å²) in [5.74, 6) is 3.10. The molecule has 13 heavy (non-hydrogen) atoms. The highest BCUT2D eigenvalue weighted by Crippen LogP contribution is 2.32. The molecular weight excluding hydrogens is 196 g/mol. The van der Waals surface area contributed by atoms with Gasteiger partial charge in [-0.15, -0.1) is 0 Å². The van der Waals surface area contributed by atoms with Crippen molar-refractivity contribution in [2.24, 2.45) is 5.84 Å². The highest BCUT2D eigenvalue weighted by Gasteiger charge is 2.14. The van der Waals surface area contributed by atoms with E-state index in [1.807, 2.05) is 5.43 Å². The number of phenolic OH excluding ortho intramolecular Hbond substituents is 2. The minimum Gasteiger partial charge on any atom is -0.504 e. The molecule has 0 aliphatic carbocycles. The lowest BCUT2D eigenvalue weighted by Gasteiger charge is -2.04. The van der Waals surface area contributed by atoms with Crippen molar-refractivity contribution in [3.05, 3.63) is 22.7 Å². The third-order valence-electron chi connectivity index (χ3n) is 1.43. The largest absolute Gasteiger partial charge is 0.504 e. The van der Waals surface area contributed by atoms with Gasteiger partial charge < -0.3 is 10.2 Å². The standard InChI is InChI=1S/C7H7ClN2O3/c8-3-1-4(7(13)10-9)6(12)5(11)2-3/h1-2,11-12H,9H2,(H,10,13). The zero-order chi connectivity index (χ0) is 10.0. The minimum atomic E-state index is -0.727. The van der Waals surface area contributed by atoms with Gasteiger partial charge in [0.25, 0.3) is 5.91 Å². The van der Waals surface area contributed by atoms with Crippen LogP contribution in [0, 0.1) is 0 Å². The molecule has 70 valence electrons. The number of carbonyl (C=O) groups excluding carboxylic acids is 1. The number of phenols is 2. The van der Waals surface area contributed by atoms with Gasteiger partial charge in [-0.25, -0.2) is 5.84 Å². The lowest BCUT2D eigenvalue weighted by molar-refractivity contribution is 0.0950. The average Bonchev–Trinajstić information content (AvgIpc) is 2.10. The molecule has 0 aromatic heterocycles. The van der Waals surface area contributed by atoms with E-state index in [9.17, 15) is 9.90 Å². The number of carbonyl (C=O) groups is 1. The summed E-state index contributed by atoms with van der Waals surface area (Å²) in [6.07, 6.45) is 0. The predicted molar refractivity (Wildman–Crippen MR) is 46.4 cm³/mol. The molecule has 6 heteroatoms. The second-order valence-corrected chi connectivity index (χ2v) is 2.73. The SMILES string of the molecule is NNC(=O)c1cc(Cl)cc(O)c1O. The summed E-state index contributed by atoms with van der Waals surface area (Å²) < 4.78 is 0. The van der Waals surface area contributed by atoms with E-state index in [4.69, 9.17) is 22.6 Å². The lowest BCUT2D eigenvalue weighted by atomic mass is 10.2. The number of rotatable bonds is 1. The normalized spacial score (nSPS) is 9.69. The van der Waals surface area contributed by atoms with E-state index in [-0.39, 0.29) is 10.6 Å². The van der Waals surface area contributed by atoms with Gasteiger partial charge in [0.1, 0.15) is 0 Å². The molecule has 0 bridgehead atoms. The van der Waals surface area contributed by atoms with Crippen LogP contribution >= 0.6 is 11.6 Å². The Hall–Kier alpha value is -1.46. The molecule has 1 amide bonds. The number of hydrogen-bond donors (Lipinski definition) is 4. The minimum absolute atomic E-state index is 0.133. The number of halogens is 1. The first kappa shape index (κ1) is 9.63. The molecule has 0 heterocycles. The molecule has 5 nitrogen and oxygen atoms in total. The molecular formula is C7H7ClN2O3. The fraction of sp³-hybridized carbons (Fsp3) is 0. The smallest absolute Gasteiger partial charge is 0.269 e. The van der Waals surface area contributed by atoms with Crippen molar-refractivity contribution in [2.75, 3.05) is 0 Å². The topological polar surface area (TPSA) is 95.6 Å². The zero-order valence-corrected chi connectivity index (χ0v) is 7.17. The zero-order valence-electron chi connectivity index (χ0n) is 6.41. The summed E-state index contributed by atoms with van der Waals surface area (Å²) in [4.78, 5) is 11.0. The second-order valence-electron chi connectivity index (χ2n) is 2.29. The summed E-state index contributed by atoms with van der Waals surface area (Å²) >= 11 is 5.53. The Labute approximate surface area is 78.7 Å². The summed E-state index contributed by atoms with van der Waals surface area (Å²) in [5.41, 5.74) is 1.63. The van der Waals surface area contributed by atoms with Crippen LogP contribution in [0.25, 0.3) is 0 Å². The van der Waals surface area contributed by atoms with Gasteiger partial charge in [-0.2, -0.15) is 0 Å². The van der Waals surface area contributed by atoms with E-state index in [2.05, 4.69) is 0 Å². The predicted octanol–water partition coefficient (Wildman–Crippen LogP) is 0.355. The Morgan fingerprint density at radius 1 is 1.46 bits per heavy atom. The molecule has 0 aliphatic heterocycles. The third kappa shape index (κ3) is 1.82. The van der Waals surface area contributed by atoms with E-state index in [0.717, 1.165) is 6.07 Å². The van der Waals surface area contributed by atoms with Crippen molar-refractivity contribution in [3.63, 3.8) is 0 Å². The van der Waals surface area contributed by atoms with Crippen LogP contribution in [0.15, 0.2) is 12.1 Å². The van der Waals surface area contributed by atoms with E-state index in [1.54, 1.807) is 0 Å². The molecule has 0 saturated carbocycles. The van der Waals surface area contributed by atoms with Gasteiger partial charge in [-0.1, -0.05) is 11.6 Å². The summed E-state index contributed by atoms with van der Waals surface area (Å²) in [6, 6.07) is 2.31. The molecule has 0 aliphatic rings. The molecule has 1 aromatic rings. The van der Waals surface area contributed by atoms with Crippen molar-refractivity contribution in [1.29, 1.82) is 0 Å². The Morgan fingerprint density at radius 2 is 2.08 bits per heavy atom. The van der Waals surface area contributed by atoms with Gasteiger partial charge >= 0.3 is 0 Å². The van der Waals surface area contributed by atoms with Crippen LogP contribution in [0.1, 0.15) is 10.4 Å². The van der Waals surface area contributed by atoms with E-state index < -0.39 is 17.4 Å². The summed E-state index contributed by atoms with van der Waals surface area (Å²) in [5, 5.41) is 18.4. The molecule has 5 N–H and O–H groups in total. The Morgan fingerprint density at radius 3 is 2.62 bits per heavy atom. The lowest BCUT2D eigenvalue weighted by Crippen LogP contribution is -2.30. The van der Waals surface area contributed by atoms with Crippen LogP contribution in [0.2, 0.25) is 5.02 Å². The molecule has 0 fully saturated rings. The monoisotopic (exact) mass is 202 g/mol. The van der Waals surface area contributed by atoms with Crippen molar-refractivity contribution in [2.45, 2.75) is 0 Å². The van der Waals surface area contributed by atoms with Gasteiger partial charge in [-0.3, -0.25) is 10.2 Å². The molecule has 0 radical (unpaired) electrons. The fourth-order valence-electron chi connectivity index (χ4n) is 0.836. The van der Waals surface area contributed by atoms with Crippen molar-refractivity contribution in [1.82, 2.24) is 5.43 Å². The van der Waals surface area contributed by atoms with Gasteiger partial charge in [0, 0.05) is 11.1 Å². The molecule has 0 unspecified atom stereocenters. The van der Waals surface area contributed by atoms with Crippen LogP contribution in [0.4, 0.5) is 0 Å². The van der Waals surface area contributed by atoms with Crippen molar-refractivity contribution in [3.8, 4) is 11.5 Å². The molecule has 1 aromatic carbocycles. The maximum Gasteiger partial charge on any atom is 0.269 e. The summed E-state index contributed by atoms with van der Waals surface area (Å²) in [6.45, 7) is 0. The van der Waals surface area contributed by atoms with Crippen LogP contribution in [-0.2, 0) is 0 Å². The van der Waals surface area contributed by atoms with Gasteiger partial charge in [-0.05, 0) is 6.07 Å². The van der Waals surface area contributed by atoms with Crippen molar-refractivity contribution < 1.29 is 15.0 Å². The van der Waals surface area contributed by atoms with E-state index in [0.29, 0.717) is 0 Å². The Kier molecular flexibility index (Phi) is 2.60. The number of hydrogen-bond acceptors (Lipinski definition) is 4. The quantitative estimate of drug-likeness (QED) is 0.229. The number of nitrogens with two attached hydrogens (primary N) is 1. The van der Waals surface area contributed by atoms with E-state index >= 15 is 0 Å². The van der Waals surface area contributed by atoms with Crippen molar-refractivity contribution >= 4 is 17.5 Å². The highest BCUT2D eigenvalue weighted by atomic mass is 35.5. The van der Waals surface area contributed by atoms with Gasteiger partial charge in [0.2, 0.25) is 0 Å². The van der Waals surface area contributed by atoms with Crippen LogP contribution < -0.4 is 11.3 Å². The second kappa shape index (κ2) is 3.51. The maximum atomic E-state index is 11.0. The van der Waals surface area contributed by atoms with Crippen LogP contribution in [0.3, 0.4) is 0 Å². The Bertz CT molecular complexity index is 354. The average molecular weight is 203 g/mol. The number of aromatic hydroxyl groups is 2. The molecule has 0 spiro atoms. The van der Waals surface area contributed by atoms with Gasteiger partial charge in [0.05, 0.1) is 5.56 Å². The maximum absolute atomic E-state index is 11.0. The third-order valence-corrected chi connectivity index (χ3v) is 1.65. The number of benzene rings is 1. The Balaban J connectivity index is 3.28. The van der Waals surface area contributed by atoms with Crippen LogP contribution in [-0.4, -0.2) is 16.1 Å². The fourth-order valence-corrected chi connectivity index (χ4v) is 1.05. The first-order valence-electron chi connectivity index (χ1n) is 3.28. The molecule has 1 rings (SSSR count). The number of hydrazine groups is 1.